The fourth-order valence-electron chi connectivity index (χ4n) is 2.58. The van der Waals surface area contributed by atoms with Gasteiger partial charge in [-0.2, -0.15) is 5.10 Å². The van der Waals surface area contributed by atoms with Crippen LogP contribution in [0.4, 0.5) is 0 Å². The second kappa shape index (κ2) is 4.78. The van der Waals surface area contributed by atoms with Gasteiger partial charge in [-0.25, -0.2) is 0 Å². The zero-order valence-corrected chi connectivity index (χ0v) is 11.2. The normalized spacial score (nSPS) is 19.8. The van der Waals surface area contributed by atoms with Gasteiger partial charge in [-0.3, -0.25) is 9.58 Å². The lowest BCUT2D eigenvalue weighted by Gasteiger charge is -2.40. The molecule has 4 nitrogen and oxygen atoms in total. The van der Waals surface area contributed by atoms with E-state index in [1.54, 1.807) is 0 Å². The van der Waals surface area contributed by atoms with Crippen LogP contribution in [0.3, 0.4) is 0 Å². The predicted octanol–water partition coefficient (Wildman–Crippen LogP) is 1.16. The molecule has 2 heterocycles. The van der Waals surface area contributed by atoms with Crippen molar-refractivity contribution in [2.75, 3.05) is 13.1 Å². The number of rotatable bonds is 4. The SMILES string of the molecule is Cn1ccc(CC(N)C(C)(C)N2CCCC2)n1. The smallest absolute Gasteiger partial charge is 0.0640 e. The van der Waals surface area contributed by atoms with E-state index in [0.717, 1.165) is 12.1 Å². The van der Waals surface area contributed by atoms with Gasteiger partial charge in [0, 0.05) is 31.2 Å². The molecule has 0 saturated carbocycles. The second-order valence-corrected chi connectivity index (χ2v) is 5.64. The summed E-state index contributed by atoms with van der Waals surface area (Å²) in [4.78, 5) is 2.51. The maximum absolute atomic E-state index is 6.38. The highest BCUT2D eigenvalue weighted by Gasteiger charge is 2.34. The quantitative estimate of drug-likeness (QED) is 0.853. The molecule has 0 bridgehead atoms. The van der Waals surface area contributed by atoms with E-state index in [1.807, 2.05) is 17.9 Å². The predicted molar refractivity (Wildman–Crippen MR) is 69.8 cm³/mol. The summed E-state index contributed by atoms with van der Waals surface area (Å²) in [7, 11) is 1.95. The van der Waals surface area contributed by atoms with Gasteiger partial charge in [0.15, 0.2) is 0 Å². The van der Waals surface area contributed by atoms with Crippen LogP contribution in [0.15, 0.2) is 12.3 Å². The molecule has 1 aliphatic heterocycles. The molecular weight excluding hydrogens is 212 g/mol. The first-order chi connectivity index (χ1) is 8.00. The summed E-state index contributed by atoms with van der Waals surface area (Å²) in [5, 5.41) is 4.41. The number of likely N-dealkylation sites (tertiary alicyclic amines) is 1. The molecule has 0 spiro atoms. The Morgan fingerprint density at radius 3 is 2.59 bits per heavy atom. The number of aryl methyl sites for hydroxylation is 1. The van der Waals surface area contributed by atoms with E-state index in [0.29, 0.717) is 0 Å². The minimum Gasteiger partial charge on any atom is -0.326 e. The molecule has 1 atom stereocenters. The number of aromatic nitrogens is 2. The average Bonchev–Trinajstić information content (AvgIpc) is 2.89. The largest absolute Gasteiger partial charge is 0.326 e. The zero-order chi connectivity index (χ0) is 12.5. The zero-order valence-electron chi connectivity index (χ0n) is 11.2. The van der Waals surface area contributed by atoms with Crippen molar-refractivity contribution in [3.05, 3.63) is 18.0 Å². The van der Waals surface area contributed by atoms with Gasteiger partial charge in [0.1, 0.15) is 0 Å². The summed E-state index contributed by atoms with van der Waals surface area (Å²) in [6.07, 6.45) is 5.44. The number of nitrogens with zero attached hydrogens (tertiary/aromatic N) is 3. The molecule has 1 fully saturated rings. The monoisotopic (exact) mass is 236 g/mol. The lowest BCUT2D eigenvalue weighted by Crippen LogP contribution is -2.56. The highest BCUT2D eigenvalue weighted by Crippen LogP contribution is 2.24. The third kappa shape index (κ3) is 2.69. The fourth-order valence-corrected chi connectivity index (χ4v) is 2.58. The van der Waals surface area contributed by atoms with E-state index >= 15 is 0 Å². The van der Waals surface area contributed by atoms with Crippen molar-refractivity contribution in [2.24, 2.45) is 12.8 Å². The molecule has 1 saturated heterocycles. The highest BCUT2D eigenvalue weighted by molar-refractivity contribution is 5.05. The molecule has 1 aromatic rings. The van der Waals surface area contributed by atoms with E-state index in [-0.39, 0.29) is 11.6 Å². The van der Waals surface area contributed by atoms with Crippen LogP contribution in [0.25, 0.3) is 0 Å². The van der Waals surface area contributed by atoms with Crippen molar-refractivity contribution >= 4 is 0 Å². The summed E-state index contributed by atoms with van der Waals surface area (Å²) in [6.45, 7) is 6.88. The Bertz CT molecular complexity index is 363. The lowest BCUT2D eigenvalue weighted by atomic mass is 9.90. The number of hydrogen-bond acceptors (Lipinski definition) is 3. The van der Waals surface area contributed by atoms with Crippen LogP contribution in [-0.4, -0.2) is 39.4 Å². The van der Waals surface area contributed by atoms with E-state index in [2.05, 4.69) is 29.9 Å². The van der Waals surface area contributed by atoms with Crippen LogP contribution in [-0.2, 0) is 13.5 Å². The van der Waals surface area contributed by atoms with E-state index in [1.165, 1.54) is 25.9 Å². The molecule has 17 heavy (non-hydrogen) atoms. The van der Waals surface area contributed by atoms with Gasteiger partial charge in [0.2, 0.25) is 0 Å². The maximum Gasteiger partial charge on any atom is 0.0640 e. The summed E-state index contributed by atoms with van der Waals surface area (Å²) in [5.41, 5.74) is 7.54. The molecule has 1 unspecified atom stereocenters. The van der Waals surface area contributed by atoms with Crippen molar-refractivity contribution in [3.8, 4) is 0 Å². The summed E-state index contributed by atoms with van der Waals surface area (Å²) in [5.74, 6) is 0. The Labute approximate surface area is 104 Å². The molecule has 1 aliphatic rings. The van der Waals surface area contributed by atoms with Crippen molar-refractivity contribution < 1.29 is 0 Å². The van der Waals surface area contributed by atoms with Gasteiger partial charge in [-0.15, -0.1) is 0 Å². The molecule has 0 aliphatic carbocycles. The Morgan fingerprint density at radius 2 is 2.06 bits per heavy atom. The third-order valence-electron chi connectivity index (χ3n) is 4.03. The first-order valence-corrected chi connectivity index (χ1v) is 6.49. The first-order valence-electron chi connectivity index (χ1n) is 6.49. The average molecular weight is 236 g/mol. The fraction of sp³-hybridized carbons (Fsp3) is 0.769. The van der Waals surface area contributed by atoms with Gasteiger partial charge >= 0.3 is 0 Å². The van der Waals surface area contributed by atoms with Gasteiger partial charge < -0.3 is 5.73 Å². The van der Waals surface area contributed by atoms with Crippen LogP contribution >= 0.6 is 0 Å². The lowest BCUT2D eigenvalue weighted by molar-refractivity contribution is 0.123. The van der Waals surface area contributed by atoms with Gasteiger partial charge in [0.25, 0.3) is 0 Å². The van der Waals surface area contributed by atoms with Crippen molar-refractivity contribution in [1.82, 2.24) is 14.7 Å². The summed E-state index contributed by atoms with van der Waals surface area (Å²) >= 11 is 0. The van der Waals surface area contributed by atoms with E-state index < -0.39 is 0 Å². The van der Waals surface area contributed by atoms with Crippen LogP contribution in [0.5, 0.6) is 0 Å². The van der Waals surface area contributed by atoms with Gasteiger partial charge in [0.05, 0.1) is 5.69 Å². The standard InChI is InChI=1S/C13H24N4/c1-13(2,17-7-4-5-8-17)12(14)10-11-6-9-16(3)15-11/h6,9,12H,4-5,7-8,10,14H2,1-3H3. The molecular formula is C13H24N4. The van der Waals surface area contributed by atoms with Gasteiger partial charge in [-0.05, 0) is 45.8 Å². The van der Waals surface area contributed by atoms with Crippen LogP contribution < -0.4 is 5.73 Å². The third-order valence-corrected chi connectivity index (χ3v) is 4.03. The molecule has 0 amide bonds. The molecule has 2 rings (SSSR count). The van der Waals surface area contributed by atoms with E-state index in [4.69, 9.17) is 5.73 Å². The van der Waals surface area contributed by atoms with E-state index in [9.17, 15) is 0 Å². The number of hydrogen-bond donors (Lipinski definition) is 1. The summed E-state index contributed by atoms with van der Waals surface area (Å²) in [6, 6.07) is 2.19. The Kier molecular flexibility index (Phi) is 3.54. The van der Waals surface area contributed by atoms with Crippen molar-refractivity contribution in [2.45, 2.75) is 44.7 Å². The molecule has 0 radical (unpaired) electrons. The molecule has 2 N–H and O–H groups in total. The molecule has 4 heteroatoms. The van der Waals surface area contributed by atoms with Crippen LogP contribution in [0, 0.1) is 0 Å². The Balaban J connectivity index is 2.00. The second-order valence-electron chi connectivity index (χ2n) is 5.64. The first kappa shape index (κ1) is 12.6. The van der Waals surface area contributed by atoms with Crippen LogP contribution in [0.2, 0.25) is 0 Å². The minimum atomic E-state index is 0.0635. The topological polar surface area (TPSA) is 47.1 Å². The van der Waals surface area contributed by atoms with Crippen molar-refractivity contribution in [1.29, 1.82) is 0 Å². The molecule has 0 aromatic carbocycles. The molecule has 96 valence electrons. The van der Waals surface area contributed by atoms with Gasteiger partial charge in [-0.1, -0.05) is 0 Å². The van der Waals surface area contributed by atoms with Crippen LogP contribution in [0.1, 0.15) is 32.4 Å². The highest BCUT2D eigenvalue weighted by atomic mass is 15.3. The van der Waals surface area contributed by atoms with Crippen molar-refractivity contribution in [3.63, 3.8) is 0 Å². The summed E-state index contributed by atoms with van der Waals surface area (Å²) < 4.78 is 1.84. The maximum atomic E-state index is 6.38. The minimum absolute atomic E-state index is 0.0635. The Hall–Kier alpha value is -0.870. The Morgan fingerprint density at radius 1 is 1.41 bits per heavy atom. The molecule has 1 aromatic heterocycles. The number of nitrogens with two attached hydrogens (primary N) is 1.